The van der Waals surface area contributed by atoms with E-state index in [0.29, 0.717) is 24.8 Å². The third-order valence-corrected chi connectivity index (χ3v) is 8.31. The zero-order chi connectivity index (χ0) is 17.6. The van der Waals surface area contributed by atoms with Crippen molar-refractivity contribution in [1.82, 2.24) is 15.1 Å². The second-order valence-corrected chi connectivity index (χ2v) is 9.95. The van der Waals surface area contributed by atoms with E-state index in [9.17, 15) is 9.59 Å². The van der Waals surface area contributed by atoms with E-state index in [1.165, 1.54) is 10.4 Å². The van der Waals surface area contributed by atoms with Gasteiger partial charge in [0.1, 0.15) is 6.04 Å². The Morgan fingerprint density at radius 3 is 3.16 bits per heavy atom. The summed E-state index contributed by atoms with van der Waals surface area (Å²) >= 11 is 3.59. The highest BCUT2D eigenvalue weighted by Crippen LogP contribution is 2.47. The van der Waals surface area contributed by atoms with E-state index >= 15 is 0 Å². The van der Waals surface area contributed by atoms with E-state index in [0.717, 1.165) is 25.9 Å². The number of amides is 2. The van der Waals surface area contributed by atoms with Crippen LogP contribution in [0.4, 0.5) is 0 Å². The summed E-state index contributed by atoms with van der Waals surface area (Å²) in [4.78, 5) is 30.5. The predicted octanol–water partition coefficient (Wildman–Crippen LogP) is 2.06. The fourth-order valence-corrected chi connectivity index (χ4v) is 6.48. The molecule has 5 nitrogen and oxygen atoms in total. The Hall–Kier alpha value is -1.05. The van der Waals surface area contributed by atoms with Crippen molar-refractivity contribution in [3.05, 3.63) is 21.9 Å². The minimum atomic E-state index is -0.304. The largest absolute Gasteiger partial charge is 0.353 e. The van der Waals surface area contributed by atoms with E-state index < -0.39 is 0 Å². The van der Waals surface area contributed by atoms with Crippen LogP contribution in [0.3, 0.4) is 0 Å². The van der Waals surface area contributed by atoms with Crippen LogP contribution in [0.1, 0.15) is 37.1 Å². The SMILES string of the molecule is C[C@H](CNC(=O)[C@H]1CS[C@@]2(C)CCC(=O)N12)N1CCc2sccc2C1. The molecular formula is C18H25N3O2S2. The fraction of sp³-hybridized carbons (Fsp3) is 0.667. The Bertz CT molecular complexity index is 692. The van der Waals surface area contributed by atoms with Crippen LogP contribution in [0.5, 0.6) is 0 Å². The maximum absolute atomic E-state index is 12.7. The summed E-state index contributed by atoms with van der Waals surface area (Å²) in [6.45, 7) is 6.92. The molecule has 136 valence electrons. The van der Waals surface area contributed by atoms with Gasteiger partial charge in [0.15, 0.2) is 0 Å². The van der Waals surface area contributed by atoms with Crippen molar-refractivity contribution >= 4 is 34.9 Å². The van der Waals surface area contributed by atoms with E-state index in [2.05, 4.69) is 35.5 Å². The number of carbonyl (C=O) groups is 2. The molecule has 0 radical (unpaired) electrons. The Kier molecular flexibility index (Phi) is 4.58. The molecule has 4 rings (SSSR count). The van der Waals surface area contributed by atoms with Crippen molar-refractivity contribution in [1.29, 1.82) is 0 Å². The molecule has 0 saturated carbocycles. The van der Waals surface area contributed by atoms with Gasteiger partial charge in [0, 0.05) is 42.7 Å². The minimum Gasteiger partial charge on any atom is -0.353 e. The lowest BCUT2D eigenvalue weighted by atomic mass is 10.1. The minimum absolute atomic E-state index is 0.00607. The van der Waals surface area contributed by atoms with Crippen LogP contribution >= 0.6 is 23.1 Å². The number of fused-ring (bicyclic) bond motifs is 2. The number of nitrogens with one attached hydrogen (secondary N) is 1. The molecule has 2 amide bonds. The maximum atomic E-state index is 12.7. The molecule has 25 heavy (non-hydrogen) atoms. The van der Waals surface area contributed by atoms with Gasteiger partial charge in [-0.05, 0) is 43.7 Å². The Morgan fingerprint density at radius 1 is 1.48 bits per heavy atom. The summed E-state index contributed by atoms with van der Waals surface area (Å²) in [5, 5.41) is 5.27. The average Bonchev–Trinajstić information content (AvgIpc) is 3.27. The third kappa shape index (κ3) is 3.11. The third-order valence-electron chi connectivity index (χ3n) is 5.78. The molecule has 0 bridgehead atoms. The van der Waals surface area contributed by atoms with E-state index in [1.54, 1.807) is 11.8 Å². The second-order valence-electron chi connectivity index (χ2n) is 7.45. The molecule has 0 aliphatic carbocycles. The van der Waals surface area contributed by atoms with Gasteiger partial charge in [-0.2, -0.15) is 0 Å². The Labute approximate surface area is 157 Å². The first-order chi connectivity index (χ1) is 12.0. The van der Waals surface area contributed by atoms with Gasteiger partial charge in [-0.1, -0.05) is 0 Å². The number of nitrogens with zero attached hydrogens (tertiary/aromatic N) is 2. The van der Waals surface area contributed by atoms with Gasteiger partial charge in [-0.15, -0.1) is 23.1 Å². The van der Waals surface area contributed by atoms with E-state index in [-0.39, 0.29) is 22.7 Å². The lowest BCUT2D eigenvalue weighted by Crippen LogP contribution is -2.52. The van der Waals surface area contributed by atoms with Crippen molar-refractivity contribution < 1.29 is 9.59 Å². The van der Waals surface area contributed by atoms with Crippen LogP contribution in [0.2, 0.25) is 0 Å². The lowest BCUT2D eigenvalue weighted by molar-refractivity contribution is -0.138. The monoisotopic (exact) mass is 379 g/mol. The molecule has 1 aromatic heterocycles. The fourth-order valence-electron chi connectivity index (χ4n) is 4.16. The summed E-state index contributed by atoms with van der Waals surface area (Å²) in [6.07, 6.45) is 2.53. The summed E-state index contributed by atoms with van der Waals surface area (Å²) in [7, 11) is 0. The van der Waals surface area contributed by atoms with E-state index in [1.807, 2.05) is 16.2 Å². The second kappa shape index (κ2) is 6.59. The quantitative estimate of drug-likeness (QED) is 0.870. The molecule has 3 aliphatic rings. The Balaban J connectivity index is 1.33. The van der Waals surface area contributed by atoms with Crippen molar-refractivity contribution in [3.8, 4) is 0 Å². The highest BCUT2D eigenvalue weighted by atomic mass is 32.2. The normalized spacial score (nSPS) is 30.2. The molecule has 4 heterocycles. The van der Waals surface area contributed by atoms with Crippen LogP contribution in [0.15, 0.2) is 11.4 Å². The van der Waals surface area contributed by atoms with Gasteiger partial charge in [-0.25, -0.2) is 0 Å². The predicted molar refractivity (Wildman–Crippen MR) is 102 cm³/mol. The molecule has 3 aliphatic heterocycles. The van der Waals surface area contributed by atoms with Crippen molar-refractivity contribution in [2.24, 2.45) is 0 Å². The van der Waals surface area contributed by atoms with Crippen LogP contribution < -0.4 is 5.32 Å². The van der Waals surface area contributed by atoms with Crippen molar-refractivity contribution in [2.75, 3.05) is 18.8 Å². The number of hydrogen-bond donors (Lipinski definition) is 1. The summed E-state index contributed by atoms with van der Waals surface area (Å²) in [6, 6.07) is 2.21. The highest BCUT2D eigenvalue weighted by molar-refractivity contribution is 8.01. The van der Waals surface area contributed by atoms with Crippen LogP contribution in [-0.4, -0.2) is 57.4 Å². The summed E-state index contributed by atoms with van der Waals surface area (Å²) in [5.41, 5.74) is 1.43. The van der Waals surface area contributed by atoms with Gasteiger partial charge in [-0.3, -0.25) is 14.5 Å². The Morgan fingerprint density at radius 2 is 2.32 bits per heavy atom. The van der Waals surface area contributed by atoms with Crippen LogP contribution in [0, 0.1) is 0 Å². The summed E-state index contributed by atoms with van der Waals surface area (Å²) < 4.78 is 0. The number of hydrogen-bond acceptors (Lipinski definition) is 5. The molecule has 2 saturated heterocycles. The van der Waals surface area contributed by atoms with Crippen molar-refractivity contribution in [3.63, 3.8) is 0 Å². The molecule has 1 N–H and O–H groups in total. The molecule has 0 unspecified atom stereocenters. The molecule has 0 aromatic carbocycles. The van der Waals surface area contributed by atoms with Crippen LogP contribution in [0.25, 0.3) is 0 Å². The van der Waals surface area contributed by atoms with Gasteiger partial charge in [0.05, 0.1) is 4.87 Å². The molecule has 2 fully saturated rings. The highest BCUT2D eigenvalue weighted by Gasteiger charge is 2.52. The number of thioether (sulfide) groups is 1. The van der Waals surface area contributed by atoms with E-state index in [4.69, 9.17) is 0 Å². The summed E-state index contributed by atoms with van der Waals surface area (Å²) in [5.74, 6) is 0.845. The maximum Gasteiger partial charge on any atom is 0.243 e. The average molecular weight is 380 g/mol. The van der Waals surface area contributed by atoms with Gasteiger partial charge in [0.25, 0.3) is 0 Å². The van der Waals surface area contributed by atoms with Crippen LogP contribution in [-0.2, 0) is 22.6 Å². The number of carbonyl (C=O) groups excluding carboxylic acids is 2. The molecule has 3 atom stereocenters. The van der Waals surface area contributed by atoms with Gasteiger partial charge >= 0.3 is 0 Å². The van der Waals surface area contributed by atoms with Gasteiger partial charge < -0.3 is 10.2 Å². The smallest absolute Gasteiger partial charge is 0.243 e. The molecule has 0 spiro atoms. The topological polar surface area (TPSA) is 52.7 Å². The lowest BCUT2D eigenvalue weighted by Gasteiger charge is -2.33. The zero-order valence-electron chi connectivity index (χ0n) is 14.8. The number of rotatable bonds is 4. The first-order valence-corrected chi connectivity index (χ1v) is 10.9. The van der Waals surface area contributed by atoms with Crippen molar-refractivity contribution in [2.45, 2.75) is 56.6 Å². The van der Waals surface area contributed by atoms with Gasteiger partial charge in [0.2, 0.25) is 11.8 Å². The first kappa shape index (κ1) is 17.4. The first-order valence-electron chi connectivity index (χ1n) is 9.01. The molecular weight excluding hydrogens is 354 g/mol. The molecule has 7 heteroatoms. The number of thiophene rings is 1. The molecule has 1 aromatic rings. The standard InChI is InChI=1S/C18H25N3O2S2/c1-12(20-7-4-15-13(10-20)5-8-24-15)9-19-17(23)14-11-25-18(2)6-3-16(22)21(14)18/h5,8,12,14H,3-4,6-7,9-11H2,1-2H3,(H,19,23)/t12-,14-,18+/m1/s1. The zero-order valence-corrected chi connectivity index (χ0v) is 16.4.